The van der Waals surface area contributed by atoms with Crippen LogP contribution >= 0.6 is 0 Å². The maximum absolute atomic E-state index is 14.2. The standard InChI is InChI=1S/C24H27FN4O4/c1-16(2)17-9-11-19(12-10-17)29-24(32)28(15-18-7-4-5-8-20(18)25)23(31)21(27-29)22(30)26-13-6-14-33-3/h4-5,7-12,16H,6,13-15H2,1-3H3,(H,26,30). The van der Waals surface area contributed by atoms with Crippen LogP contribution in [-0.2, 0) is 11.3 Å². The summed E-state index contributed by atoms with van der Waals surface area (Å²) in [4.78, 5) is 39.0. The summed E-state index contributed by atoms with van der Waals surface area (Å²) >= 11 is 0. The van der Waals surface area contributed by atoms with Gasteiger partial charge in [-0.25, -0.2) is 9.18 Å². The van der Waals surface area contributed by atoms with E-state index < -0.39 is 28.7 Å². The molecular formula is C24H27FN4O4. The Morgan fingerprint density at radius 3 is 2.45 bits per heavy atom. The van der Waals surface area contributed by atoms with Crippen LogP contribution in [0.1, 0.15) is 47.8 Å². The van der Waals surface area contributed by atoms with Gasteiger partial charge in [0.05, 0.1) is 12.2 Å². The van der Waals surface area contributed by atoms with E-state index in [2.05, 4.69) is 10.4 Å². The Balaban J connectivity index is 2.10. The smallest absolute Gasteiger partial charge is 0.352 e. The van der Waals surface area contributed by atoms with E-state index >= 15 is 0 Å². The van der Waals surface area contributed by atoms with Crippen molar-refractivity contribution in [2.24, 2.45) is 0 Å². The number of methoxy groups -OCH3 is 1. The van der Waals surface area contributed by atoms with Crippen molar-refractivity contribution < 1.29 is 13.9 Å². The quantitative estimate of drug-likeness (QED) is 0.501. The lowest BCUT2D eigenvalue weighted by Crippen LogP contribution is -2.46. The number of rotatable bonds is 9. The van der Waals surface area contributed by atoms with E-state index in [1.807, 2.05) is 26.0 Å². The maximum atomic E-state index is 14.2. The van der Waals surface area contributed by atoms with Crippen molar-refractivity contribution >= 4 is 5.91 Å². The van der Waals surface area contributed by atoms with Gasteiger partial charge in [-0.3, -0.25) is 14.2 Å². The summed E-state index contributed by atoms with van der Waals surface area (Å²) in [6, 6.07) is 12.9. The van der Waals surface area contributed by atoms with Crippen LogP contribution in [0.15, 0.2) is 58.1 Å². The molecule has 1 aromatic heterocycles. The van der Waals surface area contributed by atoms with Gasteiger partial charge in [0.15, 0.2) is 0 Å². The Bertz CT molecular complexity index is 1230. The number of nitrogens with zero attached hydrogens (tertiary/aromatic N) is 3. The van der Waals surface area contributed by atoms with E-state index in [-0.39, 0.29) is 24.6 Å². The van der Waals surface area contributed by atoms with E-state index in [9.17, 15) is 18.8 Å². The second kappa shape index (κ2) is 10.8. The molecule has 0 aliphatic heterocycles. The van der Waals surface area contributed by atoms with Gasteiger partial charge < -0.3 is 10.1 Å². The highest BCUT2D eigenvalue weighted by atomic mass is 19.1. The monoisotopic (exact) mass is 454 g/mol. The van der Waals surface area contributed by atoms with Crippen molar-refractivity contribution in [3.8, 4) is 5.69 Å². The third kappa shape index (κ3) is 5.61. The molecule has 0 saturated heterocycles. The Morgan fingerprint density at radius 2 is 1.82 bits per heavy atom. The molecule has 33 heavy (non-hydrogen) atoms. The number of carbonyl (C=O) groups excluding carboxylic acids is 1. The van der Waals surface area contributed by atoms with Crippen LogP contribution in [0.3, 0.4) is 0 Å². The zero-order chi connectivity index (χ0) is 24.0. The van der Waals surface area contributed by atoms with Gasteiger partial charge in [-0.05, 0) is 36.1 Å². The molecule has 0 radical (unpaired) electrons. The highest BCUT2D eigenvalue weighted by molar-refractivity contribution is 5.91. The summed E-state index contributed by atoms with van der Waals surface area (Å²) in [6.45, 7) is 4.46. The Labute approximate surface area is 190 Å². The lowest BCUT2D eigenvalue weighted by molar-refractivity contribution is 0.0938. The van der Waals surface area contributed by atoms with Gasteiger partial charge >= 0.3 is 5.69 Å². The minimum atomic E-state index is -0.887. The van der Waals surface area contributed by atoms with Crippen LogP contribution in [0.25, 0.3) is 5.69 Å². The van der Waals surface area contributed by atoms with E-state index in [4.69, 9.17) is 4.74 Å². The summed E-state index contributed by atoms with van der Waals surface area (Å²) in [5, 5.41) is 6.69. The van der Waals surface area contributed by atoms with Gasteiger partial charge in [-0.15, -0.1) is 0 Å². The fourth-order valence-corrected chi connectivity index (χ4v) is 3.26. The van der Waals surface area contributed by atoms with Crippen molar-refractivity contribution in [2.45, 2.75) is 32.7 Å². The third-order valence-electron chi connectivity index (χ3n) is 5.18. The fraction of sp³-hybridized carbons (Fsp3) is 0.333. The van der Waals surface area contributed by atoms with E-state index in [0.717, 1.165) is 14.8 Å². The number of hydrogen-bond donors (Lipinski definition) is 1. The van der Waals surface area contributed by atoms with Gasteiger partial charge in [-0.1, -0.05) is 44.2 Å². The van der Waals surface area contributed by atoms with Crippen molar-refractivity contribution in [1.29, 1.82) is 0 Å². The minimum Gasteiger partial charge on any atom is -0.385 e. The van der Waals surface area contributed by atoms with Gasteiger partial charge in [-0.2, -0.15) is 9.78 Å². The molecule has 9 heteroatoms. The molecule has 174 valence electrons. The molecule has 0 aliphatic carbocycles. The molecule has 0 saturated carbocycles. The molecule has 0 bridgehead atoms. The average molecular weight is 455 g/mol. The predicted octanol–water partition coefficient (Wildman–Crippen LogP) is 2.47. The van der Waals surface area contributed by atoms with Gasteiger partial charge in [0.25, 0.3) is 11.5 Å². The van der Waals surface area contributed by atoms with Crippen LogP contribution in [0.5, 0.6) is 0 Å². The first-order valence-corrected chi connectivity index (χ1v) is 10.7. The summed E-state index contributed by atoms with van der Waals surface area (Å²) in [5.41, 5.74) is -0.505. The summed E-state index contributed by atoms with van der Waals surface area (Å²) < 4.78 is 21.0. The number of nitrogens with one attached hydrogen (secondary N) is 1. The zero-order valence-corrected chi connectivity index (χ0v) is 18.9. The Morgan fingerprint density at radius 1 is 1.12 bits per heavy atom. The molecular weight excluding hydrogens is 427 g/mol. The van der Waals surface area contributed by atoms with Crippen LogP contribution in [-0.4, -0.2) is 40.5 Å². The molecule has 0 fully saturated rings. The van der Waals surface area contributed by atoms with E-state index in [0.29, 0.717) is 18.7 Å². The zero-order valence-electron chi connectivity index (χ0n) is 18.9. The van der Waals surface area contributed by atoms with Crippen molar-refractivity contribution in [1.82, 2.24) is 19.7 Å². The van der Waals surface area contributed by atoms with Crippen LogP contribution in [0, 0.1) is 5.82 Å². The summed E-state index contributed by atoms with van der Waals surface area (Å²) in [5.74, 6) is -0.989. The number of halogens is 1. The number of carbonyl (C=O) groups is 1. The molecule has 1 heterocycles. The molecule has 0 atom stereocenters. The topological polar surface area (TPSA) is 95.2 Å². The first kappa shape index (κ1) is 24.1. The van der Waals surface area contributed by atoms with Crippen LogP contribution in [0.2, 0.25) is 0 Å². The van der Waals surface area contributed by atoms with Crippen molar-refractivity contribution in [3.05, 3.63) is 92.0 Å². The molecule has 0 unspecified atom stereocenters. The lowest BCUT2D eigenvalue weighted by Gasteiger charge is -2.13. The Kier molecular flexibility index (Phi) is 7.89. The molecule has 0 aliphatic rings. The maximum Gasteiger partial charge on any atom is 0.352 e. The van der Waals surface area contributed by atoms with Gasteiger partial charge in [0, 0.05) is 25.8 Å². The number of aromatic nitrogens is 3. The lowest BCUT2D eigenvalue weighted by atomic mass is 10.0. The summed E-state index contributed by atoms with van der Waals surface area (Å²) in [7, 11) is 1.55. The second-order valence-corrected chi connectivity index (χ2v) is 7.87. The average Bonchev–Trinajstić information content (AvgIpc) is 2.80. The fourth-order valence-electron chi connectivity index (χ4n) is 3.26. The largest absolute Gasteiger partial charge is 0.385 e. The van der Waals surface area contributed by atoms with Gasteiger partial charge in [0.2, 0.25) is 5.69 Å². The number of amides is 1. The second-order valence-electron chi connectivity index (χ2n) is 7.87. The molecule has 1 N–H and O–H groups in total. The Hall–Kier alpha value is -3.59. The van der Waals surface area contributed by atoms with Gasteiger partial charge in [0.1, 0.15) is 5.82 Å². The van der Waals surface area contributed by atoms with E-state index in [1.165, 1.54) is 18.2 Å². The highest BCUT2D eigenvalue weighted by Gasteiger charge is 2.21. The molecule has 2 aromatic carbocycles. The van der Waals surface area contributed by atoms with Crippen LogP contribution in [0.4, 0.5) is 4.39 Å². The SMILES string of the molecule is COCCCNC(=O)c1nn(-c2ccc(C(C)C)cc2)c(=O)n(Cc2ccccc2F)c1=O. The van der Waals surface area contributed by atoms with E-state index in [1.54, 1.807) is 25.3 Å². The molecule has 3 aromatic rings. The van der Waals surface area contributed by atoms with Crippen LogP contribution < -0.4 is 16.6 Å². The molecule has 0 spiro atoms. The highest BCUT2D eigenvalue weighted by Crippen LogP contribution is 2.16. The predicted molar refractivity (Wildman–Crippen MR) is 123 cm³/mol. The first-order chi connectivity index (χ1) is 15.8. The van der Waals surface area contributed by atoms with Crippen molar-refractivity contribution in [3.63, 3.8) is 0 Å². The number of hydrogen-bond acceptors (Lipinski definition) is 5. The normalized spacial score (nSPS) is 11.1. The van der Waals surface area contributed by atoms with Crippen molar-refractivity contribution in [2.75, 3.05) is 20.3 Å². The summed E-state index contributed by atoms with van der Waals surface area (Å²) in [6.07, 6.45) is 0.544. The first-order valence-electron chi connectivity index (χ1n) is 10.7. The number of benzene rings is 2. The molecule has 1 amide bonds. The third-order valence-corrected chi connectivity index (χ3v) is 5.18. The molecule has 3 rings (SSSR count). The minimum absolute atomic E-state index is 0.149. The molecule has 8 nitrogen and oxygen atoms in total. The number of ether oxygens (including phenoxy) is 1.